The lowest BCUT2D eigenvalue weighted by atomic mass is 10.3. The molecule has 6 heteroatoms. The summed E-state index contributed by atoms with van der Waals surface area (Å²) in [6.07, 6.45) is 0.861. The maximum Gasteiger partial charge on any atom is 0.279 e. The highest BCUT2D eigenvalue weighted by Gasteiger charge is 2.33. The van der Waals surface area contributed by atoms with Crippen molar-refractivity contribution in [2.75, 3.05) is 18.8 Å². The molecule has 2 heterocycles. The number of carbonyl (C=O) groups excluding carboxylic acids is 2. The molecule has 0 radical (unpaired) electrons. The number of thioether (sulfide) groups is 1. The van der Waals surface area contributed by atoms with E-state index in [-0.39, 0.29) is 23.2 Å². The molecule has 0 bridgehead atoms. The van der Waals surface area contributed by atoms with Crippen molar-refractivity contribution < 1.29 is 9.59 Å². The molecule has 2 saturated heterocycles. The Morgan fingerprint density at radius 3 is 2.93 bits per heavy atom. The average molecular weight is 215 g/mol. The number of nitrogens with zero attached hydrogens (tertiary/aromatic N) is 1. The Morgan fingerprint density at radius 2 is 2.43 bits per heavy atom. The van der Waals surface area contributed by atoms with Crippen LogP contribution in [0, 0.1) is 0 Å². The van der Waals surface area contributed by atoms with Crippen LogP contribution >= 0.6 is 11.8 Å². The third-order valence-electron chi connectivity index (χ3n) is 2.51. The van der Waals surface area contributed by atoms with Crippen molar-refractivity contribution in [2.24, 2.45) is 5.73 Å². The standard InChI is InChI=1S/C8H13N3O2S/c9-5-1-2-11(3-5)7(12)6-4-14-8(13)10-6/h5-6H,1-4,9H2,(H,10,13)/t5-,6?/m0/s1. The minimum Gasteiger partial charge on any atom is -0.339 e. The minimum absolute atomic E-state index is 0.0105. The van der Waals surface area contributed by atoms with Gasteiger partial charge in [-0.15, -0.1) is 0 Å². The summed E-state index contributed by atoms with van der Waals surface area (Å²) in [7, 11) is 0. The number of nitrogens with two attached hydrogens (primary N) is 1. The van der Waals surface area contributed by atoms with Gasteiger partial charge in [-0.1, -0.05) is 11.8 Å². The van der Waals surface area contributed by atoms with E-state index < -0.39 is 0 Å². The lowest BCUT2D eigenvalue weighted by Crippen LogP contribution is -2.45. The van der Waals surface area contributed by atoms with Crippen LogP contribution in [0.2, 0.25) is 0 Å². The highest BCUT2D eigenvalue weighted by atomic mass is 32.2. The molecule has 0 spiro atoms. The lowest BCUT2D eigenvalue weighted by molar-refractivity contribution is -0.131. The summed E-state index contributed by atoms with van der Waals surface area (Å²) in [6.45, 7) is 1.34. The Bertz CT molecular complexity index is 271. The van der Waals surface area contributed by atoms with E-state index in [9.17, 15) is 9.59 Å². The van der Waals surface area contributed by atoms with Gasteiger partial charge in [0.2, 0.25) is 5.91 Å². The van der Waals surface area contributed by atoms with Crippen LogP contribution in [0.25, 0.3) is 0 Å². The van der Waals surface area contributed by atoms with Gasteiger partial charge in [-0.05, 0) is 6.42 Å². The highest BCUT2D eigenvalue weighted by Crippen LogP contribution is 2.17. The van der Waals surface area contributed by atoms with E-state index in [1.165, 1.54) is 0 Å². The maximum absolute atomic E-state index is 11.8. The first kappa shape index (κ1) is 9.79. The highest BCUT2D eigenvalue weighted by molar-refractivity contribution is 8.14. The number of nitrogens with one attached hydrogen (secondary N) is 1. The van der Waals surface area contributed by atoms with Crippen molar-refractivity contribution in [2.45, 2.75) is 18.5 Å². The van der Waals surface area contributed by atoms with Gasteiger partial charge < -0.3 is 16.0 Å². The van der Waals surface area contributed by atoms with E-state index in [4.69, 9.17) is 5.73 Å². The number of carbonyl (C=O) groups is 2. The van der Waals surface area contributed by atoms with E-state index in [0.29, 0.717) is 12.3 Å². The Balaban J connectivity index is 1.92. The molecule has 0 saturated carbocycles. The van der Waals surface area contributed by atoms with Gasteiger partial charge in [0.15, 0.2) is 0 Å². The predicted molar refractivity (Wildman–Crippen MR) is 54.0 cm³/mol. The van der Waals surface area contributed by atoms with Crippen molar-refractivity contribution in [3.8, 4) is 0 Å². The van der Waals surface area contributed by atoms with Crippen LogP contribution in [-0.4, -0.2) is 47.0 Å². The topological polar surface area (TPSA) is 75.4 Å². The summed E-state index contributed by atoms with van der Waals surface area (Å²) in [5.41, 5.74) is 5.70. The van der Waals surface area contributed by atoms with Crippen molar-refractivity contribution in [1.82, 2.24) is 10.2 Å². The molecule has 2 atom stereocenters. The van der Waals surface area contributed by atoms with Gasteiger partial charge >= 0.3 is 0 Å². The molecule has 0 aromatic rings. The molecule has 2 amide bonds. The molecule has 0 aliphatic carbocycles. The molecule has 14 heavy (non-hydrogen) atoms. The molecule has 78 valence electrons. The molecular weight excluding hydrogens is 202 g/mol. The van der Waals surface area contributed by atoms with Gasteiger partial charge in [-0.25, -0.2) is 0 Å². The normalized spacial score (nSPS) is 32.1. The zero-order valence-corrected chi connectivity index (χ0v) is 8.55. The zero-order valence-electron chi connectivity index (χ0n) is 7.73. The van der Waals surface area contributed by atoms with Crippen LogP contribution in [0.1, 0.15) is 6.42 Å². The average Bonchev–Trinajstić information content (AvgIpc) is 2.73. The Kier molecular flexibility index (Phi) is 2.64. The Hall–Kier alpha value is -0.750. The van der Waals surface area contributed by atoms with E-state index in [1.54, 1.807) is 4.90 Å². The van der Waals surface area contributed by atoms with Crippen molar-refractivity contribution in [3.63, 3.8) is 0 Å². The van der Waals surface area contributed by atoms with Gasteiger partial charge in [-0.2, -0.15) is 0 Å². The third kappa shape index (κ3) is 1.85. The van der Waals surface area contributed by atoms with Gasteiger partial charge in [0.05, 0.1) is 0 Å². The van der Waals surface area contributed by atoms with Crippen LogP contribution < -0.4 is 11.1 Å². The molecule has 5 nitrogen and oxygen atoms in total. The molecule has 3 N–H and O–H groups in total. The van der Waals surface area contributed by atoms with Crippen LogP contribution in [0.4, 0.5) is 4.79 Å². The Labute approximate surface area is 86.4 Å². The van der Waals surface area contributed by atoms with Crippen LogP contribution in [0.3, 0.4) is 0 Å². The largest absolute Gasteiger partial charge is 0.339 e. The summed E-state index contributed by atoms with van der Waals surface area (Å²) in [4.78, 5) is 24.4. The van der Waals surface area contributed by atoms with E-state index in [1.807, 2.05) is 0 Å². The number of hydrogen-bond acceptors (Lipinski definition) is 4. The smallest absolute Gasteiger partial charge is 0.279 e. The SMILES string of the molecule is N[C@H]1CCN(C(=O)C2CSC(=O)N2)C1. The van der Waals surface area contributed by atoms with E-state index in [0.717, 1.165) is 24.7 Å². The van der Waals surface area contributed by atoms with Gasteiger partial charge in [-0.3, -0.25) is 9.59 Å². The molecule has 0 aromatic heterocycles. The minimum atomic E-state index is -0.335. The van der Waals surface area contributed by atoms with Crippen LogP contribution in [-0.2, 0) is 4.79 Å². The van der Waals surface area contributed by atoms with Crippen molar-refractivity contribution in [3.05, 3.63) is 0 Å². The number of amides is 2. The van der Waals surface area contributed by atoms with Crippen molar-refractivity contribution in [1.29, 1.82) is 0 Å². The van der Waals surface area contributed by atoms with E-state index >= 15 is 0 Å². The first-order valence-corrected chi connectivity index (χ1v) is 5.63. The zero-order chi connectivity index (χ0) is 10.1. The number of rotatable bonds is 1. The Morgan fingerprint density at radius 1 is 1.64 bits per heavy atom. The summed E-state index contributed by atoms with van der Waals surface area (Å²) in [5, 5.41) is 2.53. The molecule has 1 unspecified atom stereocenters. The first-order valence-electron chi connectivity index (χ1n) is 4.64. The fraction of sp³-hybridized carbons (Fsp3) is 0.750. The summed E-state index contributed by atoms with van der Waals surface area (Å²) >= 11 is 1.16. The maximum atomic E-state index is 11.8. The van der Waals surface area contributed by atoms with E-state index in [2.05, 4.69) is 5.32 Å². The second-order valence-electron chi connectivity index (χ2n) is 3.63. The van der Waals surface area contributed by atoms with Gasteiger partial charge in [0.1, 0.15) is 6.04 Å². The fourth-order valence-electron chi connectivity index (χ4n) is 1.73. The van der Waals surface area contributed by atoms with Crippen molar-refractivity contribution >= 4 is 22.9 Å². The summed E-state index contributed by atoms with van der Waals surface area (Å²) in [6, 6.07) is -0.235. The number of likely N-dealkylation sites (tertiary alicyclic amines) is 1. The monoisotopic (exact) mass is 215 g/mol. The molecule has 2 fully saturated rings. The molecule has 2 rings (SSSR count). The fourth-order valence-corrected chi connectivity index (χ4v) is 2.50. The molecule has 2 aliphatic rings. The first-order chi connectivity index (χ1) is 6.66. The predicted octanol–water partition coefficient (Wildman–Crippen LogP) is -0.629. The molecule has 0 aromatic carbocycles. The van der Waals surface area contributed by atoms with Gasteiger partial charge in [0.25, 0.3) is 5.24 Å². The molecule has 2 aliphatic heterocycles. The molecular formula is C8H13N3O2S. The quantitative estimate of drug-likeness (QED) is 0.611. The second kappa shape index (κ2) is 3.78. The lowest BCUT2D eigenvalue weighted by Gasteiger charge is -2.19. The van der Waals surface area contributed by atoms with Crippen LogP contribution in [0.5, 0.6) is 0 Å². The van der Waals surface area contributed by atoms with Crippen LogP contribution in [0.15, 0.2) is 0 Å². The summed E-state index contributed by atoms with van der Waals surface area (Å²) in [5.74, 6) is 0.556. The number of hydrogen-bond donors (Lipinski definition) is 2. The van der Waals surface area contributed by atoms with Gasteiger partial charge in [0, 0.05) is 24.9 Å². The third-order valence-corrected chi connectivity index (χ3v) is 3.39. The second-order valence-corrected chi connectivity index (χ2v) is 4.62. The summed E-state index contributed by atoms with van der Waals surface area (Å²) < 4.78 is 0.